The molecule has 0 atom stereocenters. The van der Waals surface area contributed by atoms with Crippen molar-refractivity contribution in [2.24, 2.45) is 0 Å². The third-order valence-electron chi connectivity index (χ3n) is 4.63. The molecule has 33 heavy (non-hydrogen) atoms. The predicted octanol–water partition coefficient (Wildman–Crippen LogP) is 4.32. The van der Waals surface area contributed by atoms with Crippen molar-refractivity contribution in [3.05, 3.63) is 71.8 Å². The lowest BCUT2D eigenvalue weighted by Crippen LogP contribution is -2.20. The summed E-state index contributed by atoms with van der Waals surface area (Å²) in [7, 11) is -3.84. The number of carbonyl (C=O) groups excluding carboxylic acids is 1. The highest BCUT2D eigenvalue weighted by Crippen LogP contribution is 2.32. The van der Waals surface area contributed by atoms with E-state index in [4.69, 9.17) is 25.8 Å². The number of halogens is 1. The van der Waals surface area contributed by atoms with Gasteiger partial charge in [0, 0.05) is 28.9 Å². The number of sulfonamides is 1. The maximum atomic E-state index is 12.8. The van der Waals surface area contributed by atoms with Crippen LogP contribution in [-0.4, -0.2) is 34.1 Å². The Labute approximate surface area is 196 Å². The zero-order chi connectivity index (χ0) is 23.3. The monoisotopic (exact) mass is 488 g/mol. The van der Waals surface area contributed by atoms with Crippen LogP contribution in [0.25, 0.3) is 0 Å². The van der Waals surface area contributed by atoms with E-state index >= 15 is 0 Å². The van der Waals surface area contributed by atoms with Gasteiger partial charge in [0.15, 0.2) is 18.1 Å². The van der Waals surface area contributed by atoms with Gasteiger partial charge in [0.1, 0.15) is 5.75 Å². The Morgan fingerprint density at radius 2 is 1.58 bits per heavy atom. The van der Waals surface area contributed by atoms with Crippen LogP contribution in [0.1, 0.15) is 6.42 Å². The summed E-state index contributed by atoms with van der Waals surface area (Å²) >= 11 is 5.82. The van der Waals surface area contributed by atoms with Crippen molar-refractivity contribution in [1.82, 2.24) is 0 Å². The summed E-state index contributed by atoms with van der Waals surface area (Å²) < 4.78 is 44.6. The summed E-state index contributed by atoms with van der Waals surface area (Å²) in [6.45, 7) is 0.801. The van der Waals surface area contributed by atoms with Crippen LogP contribution < -0.4 is 24.2 Å². The standard InChI is InChI=1S/C23H21ClN2O6S/c24-16-2-8-19(9-3-16)32-15-23(27)25-17-4-6-18(7-5-17)26-33(28,29)20-10-11-21-22(14-20)31-13-1-12-30-21/h2-11,14,26H,1,12-13,15H2,(H,25,27). The number of amides is 1. The number of anilines is 2. The van der Waals surface area contributed by atoms with Crippen molar-refractivity contribution < 1.29 is 27.4 Å². The molecule has 0 saturated carbocycles. The summed E-state index contributed by atoms with van der Waals surface area (Å²) in [5, 5.41) is 3.26. The van der Waals surface area contributed by atoms with E-state index in [1.54, 1.807) is 54.6 Å². The van der Waals surface area contributed by atoms with Crippen molar-refractivity contribution in [2.45, 2.75) is 11.3 Å². The van der Waals surface area contributed by atoms with Crippen LogP contribution in [0.3, 0.4) is 0 Å². The van der Waals surface area contributed by atoms with Crippen LogP contribution in [0, 0.1) is 0 Å². The molecule has 0 aromatic heterocycles. The average molecular weight is 489 g/mol. The molecule has 10 heteroatoms. The minimum absolute atomic E-state index is 0.0588. The molecule has 0 saturated heterocycles. The van der Waals surface area contributed by atoms with E-state index in [1.165, 1.54) is 12.1 Å². The molecule has 0 aliphatic carbocycles. The molecule has 0 spiro atoms. The van der Waals surface area contributed by atoms with E-state index in [1.807, 2.05) is 0 Å². The van der Waals surface area contributed by atoms with Crippen LogP contribution in [0.15, 0.2) is 71.6 Å². The number of carbonyl (C=O) groups is 1. The summed E-state index contributed by atoms with van der Waals surface area (Å²) in [6, 6.07) is 17.4. The minimum atomic E-state index is -3.84. The van der Waals surface area contributed by atoms with Gasteiger partial charge >= 0.3 is 0 Å². The quantitative estimate of drug-likeness (QED) is 0.513. The summed E-state index contributed by atoms with van der Waals surface area (Å²) in [5.74, 6) is 1.08. The SMILES string of the molecule is O=C(COc1ccc(Cl)cc1)Nc1ccc(NS(=O)(=O)c2ccc3c(c2)OCCCO3)cc1. The Hall–Kier alpha value is -3.43. The fraction of sp³-hybridized carbons (Fsp3) is 0.174. The topological polar surface area (TPSA) is 103 Å². The highest BCUT2D eigenvalue weighted by molar-refractivity contribution is 7.92. The van der Waals surface area contributed by atoms with Crippen molar-refractivity contribution in [3.8, 4) is 17.2 Å². The van der Waals surface area contributed by atoms with Gasteiger partial charge in [0.25, 0.3) is 15.9 Å². The van der Waals surface area contributed by atoms with E-state index in [0.29, 0.717) is 46.9 Å². The minimum Gasteiger partial charge on any atom is -0.490 e. The third kappa shape index (κ3) is 6.09. The third-order valence-corrected chi connectivity index (χ3v) is 6.26. The number of nitrogens with one attached hydrogen (secondary N) is 2. The molecule has 0 bridgehead atoms. The summed E-state index contributed by atoms with van der Waals surface area (Å²) in [4.78, 5) is 12.2. The largest absolute Gasteiger partial charge is 0.490 e. The van der Waals surface area contributed by atoms with Gasteiger partial charge < -0.3 is 19.5 Å². The van der Waals surface area contributed by atoms with E-state index in [9.17, 15) is 13.2 Å². The molecule has 1 heterocycles. The van der Waals surface area contributed by atoms with Crippen molar-refractivity contribution >= 4 is 38.9 Å². The fourth-order valence-corrected chi connectivity index (χ4v) is 4.22. The molecule has 1 amide bonds. The van der Waals surface area contributed by atoms with Crippen molar-refractivity contribution in [2.75, 3.05) is 29.9 Å². The Balaban J connectivity index is 1.35. The smallest absolute Gasteiger partial charge is 0.262 e. The molecular formula is C23H21ClN2O6S. The molecule has 0 fully saturated rings. The number of ether oxygens (including phenoxy) is 3. The second-order valence-corrected chi connectivity index (χ2v) is 9.25. The Morgan fingerprint density at radius 1 is 0.909 bits per heavy atom. The molecule has 0 radical (unpaired) electrons. The van der Waals surface area contributed by atoms with Gasteiger partial charge in [0.2, 0.25) is 0 Å². The van der Waals surface area contributed by atoms with Crippen LogP contribution in [0.2, 0.25) is 5.02 Å². The predicted molar refractivity (Wildman–Crippen MR) is 125 cm³/mol. The van der Waals surface area contributed by atoms with Crippen LogP contribution in [0.5, 0.6) is 17.2 Å². The Bertz CT molecular complexity index is 1230. The fourth-order valence-electron chi connectivity index (χ4n) is 3.02. The normalized spacial score (nSPS) is 13.0. The zero-order valence-electron chi connectivity index (χ0n) is 17.4. The lowest BCUT2D eigenvalue weighted by Gasteiger charge is -2.12. The van der Waals surface area contributed by atoms with E-state index in [2.05, 4.69) is 10.0 Å². The molecule has 2 N–H and O–H groups in total. The first kappa shape index (κ1) is 22.8. The maximum Gasteiger partial charge on any atom is 0.262 e. The average Bonchev–Trinajstić information content (AvgIpc) is 3.05. The zero-order valence-corrected chi connectivity index (χ0v) is 19.0. The van der Waals surface area contributed by atoms with Gasteiger partial charge in [-0.25, -0.2) is 8.42 Å². The van der Waals surface area contributed by atoms with Gasteiger partial charge in [-0.05, 0) is 60.7 Å². The van der Waals surface area contributed by atoms with E-state index in [-0.39, 0.29) is 17.4 Å². The van der Waals surface area contributed by atoms with Crippen molar-refractivity contribution in [1.29, 1.82) is 0 Å². The number of hydrogen-bond acceptors (Lipinski definition) is 6. The lowest BCUT2D eigenvalue weighted by atomic mass is 10.3. The molecule has 4 rings (SSSR count). The summed E-state index contributed by atoms with van der Waals surface area (Å²) in [5.41, 5.74) is 0.843. The highest BCUT2D eigenvalue weighted by Gasteiger charge is 2.19. The van der Waals surface area contributed by atoms with E-state index in [0.717, 1.165) is 6.42 Å². The number of benzene rings is 3. The highest BCUT2D eigenvalue weighted by atomic mass is 35.5. The number of hydrogen-bond donors (Lipinski definition) is 2. The van der Waals surface area contributed by atoms with Gasteiger partial charge in [-0.15, -0.1) is 0 Å². The second kappa shape index (κ2) is 10.0. The molecular weight excluding hydrogens is 468 g/mol. The molecule has 1 aliphatic heterocycles. The molecule has 0 unspecified atom stereocenters. The van der Waals surface area contributed by atoms with Crippen LogP contribution in [-0.2, 0) is 14.8 Å². The molecule has 3 aromatic rings. The maximum absolute atomic E-state index is 12.8. The van der Waals surface area contributed by atoms with Gasteiger partial charge in [-0.2, -0.15) is 0 Å². The van der Waals surface area contributed by atoms with Gasteiger partial charge in [0.05, 0.1) is 18.1 Å². The van der Waals surface area contributed by atoms with Crippen molar-refractivity contribution in [3.63, 3.8) is 0 Å². The Morgan fingerprint density at radius 3 is 2.30 bits per heavy atom. The number of rotatable bonds is 7. The number of fused-ring (bicyclic) bond motifs is 1. The first-order chi connectivity index (χ1) is 15.9. The van der Waals surface area contributed by atoms with Crippen LogP contribution >= 0.6 is 11.6 Å². The molecule has 1 aliphatic rings. The Kier molecular flexibility index (Phi) is 6.90. The van der Waals surface area contributed by atoms with Gasteiger partial charge in [-0.3, -0.25) is 9.52 Å². The molecule has 8 nitrogen and oxygen atoms in total. The first-order valence-corrected chi connectivity index (χ1v) is 12.0. The molecule has 172 valence electrons. The van der Waals surface area contributed by atoms with E-state index < -0.39 is 10.0 Å². The molecule has 3 aromatic carbocycles. The first-order valence-electron chi connectivity index (χ1n) is 10.1. The summed E-state index contributed by atoms with van der Waals surface area (Å²) in [6.07, 6.45) is 0.727. The van der Waals surface area contributed by atoms with Gasteiger partial charge in [-0.1, -0.05) is 11.6 Å². The van der Waals surface area contributed by atoms with Crippen LogP contribution in [0.4, 0.5) is 11.4 Å². The second-order valence-electron chi connectivity index (χ2n) is 7.13. The lowest BCUT2D eigenvalue weighted by molar-refractivity contribution is -0.118.